The molecule has 0 spiro atoms. The van der Waals surface area contributed by atoms with Gasteiger partial charge in [-0.2, -0.15) is 0 Å². The maximum Gasteiger partial charge on any atom is 0.191 e. The van der Waals surface area contributed by atoms with E-state index in [0.717, 1.165) is 42.7 Å². The molecule has 0 aliphatic carbocycles. The van der Waals surface area contributed by atoms with Crippen LogP contribution < -0.4 is 15.4 Å². The highest BCUT2D eigenvalue weighted by Crippen LogP contribution is 2.14. The van der Waals surface area contributed by atoms with Crippen LogP contribution in [0, 0.1) is 0 Å². The monoisotopic (exact) mass is 420 g/mol. The van der Waals surface area contributed by atoms with Crippen LogP contribution >= 0.6 is 0 Å². The zero-order valence-electron chi connectivity index (χ0n) is 18.6. The van der Waals surface area contributed by atoms with Crippen LogP contribution in [-0.4, -0.2) is 31.6 Å². The van der Waals surface area contributed by atoms with Crippen LogP contribution in [0.4, 0.5) is 0 Å². The third kappa shape index (κ3) is 7.19. The third-order valence-corrected chi connectivity index (χ3v) is 4.93. The third-order valence-electron chi connectivity index (χ3n) is 4.93. The average molecular weight is 421 g/mol. The van der Waals surface area contributed by atoms with E-state index >= 15 is 0 Å². The fourth-order valence-electron chi connectivity index (χ4n) is 3.32. The largest absolute Gasteiger partial charge is 0.497 e. The molecule has 1 heterocycles. The van der Waals surface area contributed by atoms with E-state index in [1.54, 1.807) is 13.4 Å². The van der Waals surface area contributed by atoms with Crippen molar-refractivity contribution < 1.29 is 9.15 Å². The summed E-state index contributed by atoms with van der Waals surface area (Å²) in [5, 5.41) is 6.79. The molecule has 0 atom stereocenters. The molecule has 0 fully saturated rings. The van der Waals surface area contributed by atoms with Crippen molar-refractivity contribution in [3.05, 3.63) is 89.4 Å². The summed E-state index contributed by atoms with van der Waals surface area (Å²) in [5.41, 5.74) is 3.68. The molecule has 0 amide bonds. The SMILES string of the molecule is CCNC(=NCc1ccc(OC)cc1)NCc1ccccc1CN(C)Cc1ccco1. The zero-order valence-corrected chi connectivity index (χ0v) is 18.6. The molecule has 0 saturated carbocycles. The number of furan rings is 1. The Kier molecular flexibility index (Phi) is 8.55. The number of rotatable bonds is 10. The van der Waals surface area contributed by atoms with Crippen LogP contribution in [0.3, 0.4) is 0 Å². The highest BCUT2D eigenvalue weighted by atomic mass is 16.5. The van der Waals surface area contributed by atoms with Crippen LogP contribution in [0.2, 0.25) is 0 Å². The quantitative estimate of drug-likeness (QED) is 0.381. The number of guanidine groups is 1. The van der Waals surface area contributed by atoms with Gasteiger partial charge in [0.25, 0.3) is 0 Å². The summed E-state index contributed by atoms with van der Waals surface area (Å²) in [6.45, 7) is 5.81. The number of nitrogens with one attached hydrogen (secondary N) is 2. The van der Waals surface area contributed by atoms with Crippen molar-refractivity contribution in [3.63, 3.8) is 0 Å². The van der Waals surface area contributed by atoms with Crippen molar-refractivity contribution >= 4 is 5.96 Å². The Morgan fingerprint density at radius 3 is 2.42 bits per heavy atom. The topological polar surface area (TPSA) is 62.0 Å². The smallest absolute Gasteiger partial charge is 0.191 e. The summed E-state index contributed by atoms with van der Waals surface area (Å²) in [5.74, 6) is 2.63. The van der Waals surface area contributed by atoms with Crippen molar-refractivity contribution in [1.82, 2.24) is 15.5 Å². The van der Waals surface area contributed by atoms with Gasteiger partial charge in [-0.25, -0.2) is 4.99 Å². The molecule has 3 aromatic rings. The van der Waals surface area contributed by atoms with Gasteiger partial charge in [0, 0.05) is 19.6 Å². The van der Waals surface area contributed by atoms with Crippen molar-refractivity contribution in [2.45, 2.75) is 33.1 Å². The Labute approximate surface area is 184 Å². The lowest BCUT2D eigenvalue weighted by Gasteiger charge is -2.19. The lowest BCUT2D eigenvalue weighted by atomic mass is 10.1. The molecule has 0 unspecified atom stereocenters. The van der Waals surface area contributed by atoms with E-state index in [9.17, 15) is 0 Å². The minimum atomic E-state index is 0.604. The number of aliphatic imine (C=N–C) groups is 1. The maximum atomic E-state index is 5.47. The van der Waals surface area contributed by atoms with Gasteiger partial charge in [-0.3, -0.25) is 4.90 Å². The number of hydrogen-bond donors (Lipinski definition) is 2. The highest BCUT2D eigenvalue weighted by Gasteiger charge is 2.08. The molecule has 164 valence electrons. The molecule has 2 aromatic carbocycles. The van der Waals surface area contributed by atoms with Crippen molar-refractivity contribution in [1.29, 1.82) is 0 Å². The Balaban J connectivity index is 1.60. The number of ether oxygens (including phenoxy) is 1. The molecule has 31 heavy (non-hydrogen) atoms. The van der Waals surface area contributed by atoms with Crippen LogP contribution in [0.1, 0.15) is 29.4 Å². The second-order valence-corrected chi connectivity index (χ2v) is 7.42. The lowest BCUT2D eigenvalue weighted by Crippen LogP contribution is -2.37. The Morgan fingerprint density at radius 1 is 0.968 bits per heavy atom. The summed E-state index contributed by atoms with van der Waals surface area (Å²) >= 11 is 0. The first kappa shape index (κ1) is 22.4. The summed E-state index contributed by atoms with van der Waals surface area (Å²) in [6.07, 6.45) is 1.72. The first-order valence-corrected chi connectivity index (χ1v) is 10.6. The lowest BCUT2D eigenvalue weighted by molar-refractivity contribution is 0.287. The molecule has 1 aromatic heterocycles. The van der Waals surface area contributed by atoms with E-state index in [1.807, 2.05) is 36.4 Å². The Bertz CT molecular complexity index is 936. The molecule has 0 radical (unpaired) electrons. The van der Waals surface area contributed by atoms with Crippen LogP contribution in [-0.2, 0) is 26.2 Å². The zero-order chi connectivity index (χ0) is 21.9. The molecule has 0 saturated heterocycles. The van der Waals surface area contributed by atoms with Gasteiger partial charge < -0.3 is 19.8 Å². The molecular weight excluding hydrogens is 388 g/mol. The summed E-state index contributed by atoms with van der Waals surface area (Å²) in [4.78, 5) is 6.98. The molecule has 0 bridgehead atoms. The summed E-state index contributed by atoms with van der Waals surface area (Å²) in [7, 11) is 3.78. The predicted octanol–water partition coefficient (Wildman–Crippen LogP) is 4.18. The summed E-state index contributed by atoms with van der Waals surface area (Å²) in [6, 6.07) is 20.4. The highest BCUT2D eigenvalue weighted by molar-refractivity contribution is 5.79. The first-order chi connectivity index (χ1) is 15.2. The average Bonchev–Trinajstić information content (AvgIpc) is 3.30. The van der Waals surface area contributed by atoms with Gasteiger partial charge in [0.15, 0.2) is 5.96 Å². The van der Waals surface area contributed by atoms with Crippen LogP contribution in [0.15, 0.2) is 76.3 Å². The number of methoxy groups -OCH3 is 1. The number of hydrogen-bond acceptors (Lipinski definition) is 4. The van der Waals surface area contributed by atoms with Gasteiger partial charge in [0.05, 0.1) is 26.5 Å². The molecule has 6 nitrogen and oxygen atoms in total. The Hall–Kier alpha value is -3.25. The first-order valence-electron chi connectivity index (χ1n) is 10.6. The second kappa shape index (κ2) is 11.8. The van der Waals surface area contributed by atoms with Gasteiger partial charge in [0.2, 0.25) is 0 Å². The van der Waals surface area contributed by atoms with Crippen LogP contribution in [0.5, 0.6) is 5.75 Å². The number of nitrogens with zero attached hydrogens (tertiary/aromatic N) is 2. The van der Waals surface area contributed by atoms with Crippen LogP contribution in [0.25, 0.3) is 0 Å². The standard InChI is InChI=1S/C25H32N4O2/c1-4-26-25(27-16-20-11-13-23(30-3)14-12-20)28-17-21-8-5-6-9-22(21)18-29(2)19-24-10-7-15-31-24/h5-15H,4,16-19H2,1-3H3,(H2,26,27,28). The van der Waals surface area contributed by atoms with Gasteiger partial charge in [0.1, 0.15) is 11.5 Å². The Morgan fingerprint density at radius 2 is 1.74 bits per heavy atom. The van der Waals surface area contributed by atoms with Crippen molar-refractivity contribution in [2.75, 3.05) is 20.7 Å². The van der Waals surface area contributed by atoms with Gasteiger partial charge in [-0.05, 0) is 54.9 Å². The predicted molar refractivity (Wildman–Crippen MR) is 125 cm³/mol. The fraction of sp³-hybridized carbons (Fsp3) is 0.320. The fourth-order valence-corrected chi connectivity index (χ4v) is 3.32. The molecule has 6 heteroatoms. The molecular formula is C25H32N4O2. The van der Waals surface area contributed by atoms with Gasteiger partial charge >= 0.3 is 0 Å². The normalized spacial score (nSPS) is 11.5. The van der Waals surface area contributed by atoms with E-state index in [-0.39, 0.29) is 0 Å². The second-order valence-electron chi connectivity index (χ2n) is 7.42. The van der Waals surface area contributed by atoms with E-state index in [0.29, 0.717) is 13.1 Å². The van der Waals surface area contributed by atoms with E-state index in [1.165, 1.54) is 11.1 Å². The van der Waals surface area contributed by atoms with E-state index in [4.69, 9.17) is 14.1 Å². The van der Waals surface area contributed by atoms with Crippen molar-refractivity contribution in [2.24, 2.45) is 4.99 Å². The van der Waals surface area contributed by atoms with Gasteiger partial charge in [-0.15, -0.1) is 0 Å². The van der Waals surface area contributed by atoms with Crippen molar-refractivity contribution in [3.8, 4) is 5.75 Å². The van der Waals surface area contributed by atoms with E-state index in [2.05, 4.69) is 53.8 Å². The minimum absolute atomic E-state index is 0.604. The number of benzene rings is 2. The molecule has 0 aliphatic heterocycles. The van der Waals surface area contributed by atoms with Gasteiger partial charge in [-0.1, -0.05) is 36.4 Å². The summed E-state index contributed by atoms with van der Waals surface area (Å²) < 4.78 is 10.7. The molecule has 2 N–H and O–H groups in total. The van der Waals surface area contributed by atoms with E-state index < -0.39 is 0 Å². The molecule has 0 aliphatic rings. The maximum absolute atomic E-state index is 5.47. The minimum Gasteiger partial charge on any atom is -0.497 e. The molecule has 3 rings (SSSR count).